The molecule has 1 aromatic carbocycles. The van der Waals surface area contributed by atoms with Crippen molar-refractivity contribution in [1.29, 1.82) is 0 Å². The van der Waals surface area contributed by atoms with Crippen molar-refractivity contribution in [2.75, 3.05) is 32.7 Å². The van der Waals surface area contributed by atoms with Crippen LogP contribution in [-0.2, 0) is 0 Å². The molecule has 1 fully saturated rings. The molecule has 3 heteroatoms. The van der Waals surface area contributed by atoms with E-state index in [9.17, 15) is 0 Å². The molecule has 0 amide bonds. The molecule has 1 aliphatic rings. The van der Waals surface area contributed by atoms with Gasteiger partial charge in [-0.1, -0.05) is 12.1 Å². The number of piperazine rings is 1. The molecule has 1 heterocycles. The standard InChI is InChI=1S/C17H28N2O/c1-13-6-7-14(2)16(15(13)3)20-17(4,5)12-19-10-8-18-9-11-19/h6-7,18H,8-12H2,1-5H3. The highest BCUT2D eigenvalue weighted by molar-refractivity contribution is 5.44. The minimum Gasteiger partial charge on any atom is -0.486 e. The van der Waals surface area contributed by atoms with Gasteiger partial charge in [-0.05, 0) is 51.3 Å². The Hall–Kier alpha value is -1.06. The number of aryl methyl sites for hydroxylation is 2. The smallest absolute Gasteiger partial charge is 0.126 e. The largest absolute Gasteiger partial charge is 0.486 e. The van der Waals surface area contributed by atoms with Gasteiger partial charge in [-0.3, -0.25) is 4.90 Å². The van der Waals surface area contributed by atoms with E-state index >= 15 is 0 Å². The van der Waals surface area contributed by atoms with Gasteiger partial charge in [0.1, 0.15) is 11.4 Å². The second-order valence-electron chi connectivity index (χ2n) is 6.54. The Kier molecular flexibility index (Phi) is 4.71. The number of benzene rings is 1. The van der Waals surface area contributed by atoms with Gasteiger partial charge in [0, 0.05) is 32.7 Å². The summed E-state index contributed by atoms with van der Waals surface area (Å²) in [7, 11) is 0. The van der Waals surface area contributed by atoms with Crippen LogP contribution in [0.3, 0.4) is 0 Å². The van der Waals surface area contributed by atoms with Crippen molar-refractivity contribution < 1.29 is 4.74 Å². The Morgan fingerprint density at radius 1 is 1.10 bits per heavy atom. The van der Waals surface area contributed by atoms with E-state index in [0.29, 0.717) is 0 Å². The summed E-state index contributed by atoms with van der Waals surface area (Å²) < 4.78 is 6.38. The van der Waals surface area contributed by atoms with Crippen molar-refractivity contribution in [3.05, 3.63) is 28.8 Å². The molecular weight excluding hydrogens is 248 g/mol. The van der Waals surface area contributed by atoms with Crippen molar-refractivity contribution in [3.63, 3.8) is 0 Å². The third kappa shape index (κ3) is 3.74. The normalized spacial score (nSPS) is 17.2. The third-order valence-corrected chi connectivity index (χ3v) is 4.07. The summed E-state index contributed by atoms with van der Waals surface area (Å²) in [4.78, 5) is 2.48. The molecule has 2 rings (SSSR count). The molecule has 0 saturated carbocycles. The Morgan fingerprint density at radius 2 is 1.70 bits per heavy atom. The van der Waals surface area contributed by atoms with Crippen LogP contribution in [0.2, 0.25) is 0 Å². The average molecular weight is 276 g/mol. The first kappa shape index (κ1) is 15.3. The van der Waals surface area contributed by atoms with Crippen LogP contribution in [0.5, 0.6) is 5.75 Å². The van der Waals surface area contributed by atoms with Crippen LogP contribution in [0.1, 0.15) is 30.5 Å². The molecule has 1 aromatic rings. The lowest BCUT2D eigenvalue weighted by Gasteiger charge is -2.36. The highest BCUT2D eigenvalue weighted by Gasteiger charge is 2.26. The molecule has 1 aliphatic heterocycles. The first-order valence-corrected chi connectivity index (χ1v) is 7.58. The van der Waals surface area contributed by atoms with Gasteiger partial charge < -0.3 is 10.1 Å². The van der Waals surface area contributed by atoms with Crippen LogP contribution in [-0.4, -0.2) is 43.2 Å². The van der Waals surface area contributed by atoms with Crippen molar-refractivity contribution in [3.8, 4) is 5.75 Å². The molecule has 3 nitrogen and oxygen atoms in total. The van der Waals surface area contributed by atoms with Crippen LogP contribution < -0.4 is 10.1 Å². The zero-order valence-electron chi connectivity index (χ0n) is 13.5. The fourth-order valence-corrected chi connectivity index (χ4v) is 2.80. The van der Waals surface area contributed by atoms with E-state index in [4.69, 9.17) is 4.74 Å². The van der Waals surface area contributed by atoms with E-state index in [1.807, 2.05) is 0 Å². The topological polar surface area (TPSA) is 24.5 Å². The lowest BCUT2D eigenvalue weighted by Crippen LogP contribution is -2.50. The number of ether oxygens (including phenoxy) is 1. The quantitative estimate of drug-likeness (QED) is 0.915. The fraction of sp³-hybridized carbons (Fsp3) is 0.647. The van der Waals surface area contributed by atoms with E-state index < -0.39 is 0 Å². The number of nitrogens with one attached hydrogen (secondary N) is 1. The molecule has 0 unspecified atom stereocenters. The first-order chi connectivity index (χ1) is 9.39. The maximum atomic E-state index is 6.38. The first-order valence-electron chi connectivity index (χ1n) is 7.58. The molecule has 0 aliphatic carbocycles. The maximum absolute atomic E-state index is 6.38. The molecule has 0 atom stereocenters. The van der Waals surface area contributed by atoms with Crippen LogP contribution in [0.15, 0.2) is 12.1 Å². The van der Waals surface area contributed by atoms with Gasteiger partial charge in [-0.15, -0.1) is 0 Å². The summed E-state index contributed by atoms with van der Waals surface area (Å²) in [5.41, 5.74) is 3.61. The monoisotopic (exact) mass is 276 g/mol. The van der Waals surface area contributed by atoms with Crippen LogP contribution in [0, 0.1) is 20.8 Å². The lowest BCUT2D eigenvalue weighted by atomic mass is 10.0. The van der Waals surface area contributed by atoms with Gasteiger partial charge in [-0.2, -0.15) is 0 Å². The zero-order valence-corrected chi connectivity index (χ0v) is 13.5. The Morgan fingerprint density at radius 3 is 2.35 bits per heavy atom. The predicted molar refractivity (Wildman–Crippen MR) is 84.7 cm³/mol. The van der Waals surface area contributed by atoms with Crippen molar-refractivity contribution in [2.45, 2.75) is 40.2 Å². The minimum atomic E-state index is -0.166. The van der Waals surface area contributed by atoms with Gasteiger partial charge in [0.2, 0.25) is 0 Å². The molecule has 20 heavy (non-hydrogen) atoms. The summed E-state index contributed by atoms with van der Waals surface area (Å²) in [6.45, 7) is 16.2. The van der Waals surface area contributed by atoms with Crippen molar-refractivity contribution in [1.82, 2.24) is 10.2 Å². The Bertz CT molecular complexity index is 462. The van der Waals surface area contributed by atoms with Gasteiger partial charge in [0.05, 0.1) is 0 Å². The average Bonchev–Trinajstić information content (AvgIpc) is 2.40. The highest BCUT2D eigenvalue weighted by Crippen LogP contribution is 2.29. The minimum absolute atomic E-state index is 0.166. The highest BCUT2D eigenvalue weighted by atomic mass is 16.5. The van der Waals surface area contributed by atoms with E-state index in [0.717, 1.165) is 38.5 Å². The predicted octanol–water partition coefficient (Wildman–Crippen LogP) is 2.67. The van der Waals surface area contributed by atoms with Crippen LogP contribution in [0.4, 0.5) is 0 Å². The van der Waals surface area contributed by atoms with E-state index in [-0.39, 0.29) is 5.60 Å². The van der Waals surface area contributed by atoms with E-state index in [1.165, 1.54) is 16.7 Å². The molecule has 0 spiro atoms. The third-order valence-electron chi connectivity index (χ3n) is 4.07. The Balaban J connectivity index is 2.09. The van der Waals surface area contributed by atoms with Crippen molar-refractivity contribution >= 4 is 0 Å². The van der Waals surface area contributed by atoms with Gasteiger partial charge in [-0.25, -0.2) is 0 Å². The molecule has 1 saturated heterocycles. The van der Waals surface area contributed by atoms with Crippen LogP contribution in [0.25, 0.3) is 0 Å². The zero-order chi connectivity index (χ0) is 14.8. The number of hydrogen-bond donors (Lipinski definition) is 1. The number of nitrogens with zero attached hydrogens (tertiary/aromatic N) is 1. The van der Waals surface area contributed by atoms with Crippen molar-refractivity contribution in [2.24, 2.45) is 0 Å². The fourth-order valence-electron chi connectivity index (χ4n) is 2.80. The van der Waals surface area contributed by atoms with Gasteiger partial charge in [0.25, 0.3) is 0 Å². The maximum Gasteiger partial charge on any atom is 0.126 e. The summed E-state index contributed by atoms with van der Waals surface area (Å²) in [6.07, 6.45) is 0. The summed E-state index contributed by atoms with van der Waals surface area (Å²) >= 11 is 0. The molecule has 0 radical (unpaired) electrons. The van der Waals surface area contributed by atoms with Gasteiger partial charge in [0.15, 0.2) is 0 Å². The summed E-state index contributed by atoms with van der Waals surface area (Å²) in [5.74, 6) is 1.06. The van der Waals surface area contributed by atoms with Gasteiger partial charge >= 0.3 is 0 Å². The SMILES string of the molecule is Cc1ccc(C)c(OC(C)(C)CN2CCNCC2)c1C. The molecule has 112 valence electrons. The molecule has 0 aromatic heterocycles. The summed E-state index contributed by atoms with van der Waals surface area (Å²) in [5, 5.41) is 3.39. The molecule has 0 bridgehead atoms. The lowest BCUT2D eigenvalue weighted by molar-refractivity contribution is 0.0535. The second kappa shape index (κ2) is 6.15. The molecule has 1 N–H and O–H groups in total. The second-order valence-corrected chi connectivity index (χ2v) is 6.54. The van der Waals surface area contributed by atoms with E-state index in [1.54, 1.807) is 0 Å². The molecular formula is C17H28N2O. The number of rotatable bonds is 4. The number of hydrogen-bond acceptors (Lipinski definition) is 3. The summed E-state index contributed by atoms with van der Waals surface area (Å²) in [6, 6.07) is 4.32. The van der Waals surface area contributed by atoms with E-state index in [2.05, 4.69) is 57.0 Å². The van der Waals surface area contributed by atoms with Crippen LogP contribution >= 0.6 is 0 Å². The Labute approximate surface area is 123 Å².